The molecule has 0 radical (unpaired) electrons. The van der Waals surface area contributed by atoms with Crippen LogP contribution in [0.2, 0.25) is 0 Å². The number of hydrogen-bond acceptors (Lipinski definition) is 9. The van der Waals surface area contributed by atoms with Crippen molar-refractivity contribution in [2.45, 2.75) is 9.79 Å². The number of carbonyl (C=O) groups excluding carboxylic acids is 1. The van der Waals surface area contributed by atoms with Crippen LogP contribution in [-0.4, -0.2) is 41.8 Å². The van der Waals surface area contributed by atoms with E-state index in [1.54, 1.807) is 12.1 Å². The van der Waals surface area contributed by atoms with Gasteiger partial charge in [-0.2, -0.15) is 0 Å². The van der Waals surface area contributed by atoms with Gasteiger partial charge in [-0.1, -0.05) is 24.3 Å². The molecule has 0 amide bonds. The van der Waals surface area contributed by atoms with Crippen molar-refractivity contribution in [3.8, 4) is 0 Å². The van der Waals surface area contributed by atoms with E-state index in [1.807, 2.05) is 0 Å². The van der Waals surface area contributed by atoms with E-state index in [1.165, 1.54) is 12.1 Å². The summed E-state index contributed by atoms with van der Waals surface area (Å²) in [6, 6.07) is 9.60. The molecular formula is C18H9NO8S2-2. The maximum atomic E-state index is 12.7. The first-order valence-electron chi connectivity index (χ1n) is 7.93. The lowest BCUT2D eigenvalue weighted by molar-refractivity contribution is 0.105. The standard InChI is InChI=1S/C18H11NO8S2/c20-17-10-3-1-2-4-11(10)18(21)16(17)14-8-15(29(25,26)27)12-7-9(28(22,23)24)5-6-13(12)19-14/h1-8,20H,(H,22,23,24)(H,25,26,27)/p-2. The number of aliphatic hydroxyl groups is 1. The second-order valence-corrected chi connectivity index (χ2v) is 8.92. The zero-order valence-electron chi connectivity index (χ0n) is 14.2. The Kier molecular flexibility index (Phi) is 4.10. The predicted octanol–water partition coefficient (Wildman–Crippen LogP) is 1.67. The van der Waals surface area contributed by atoms with E-state index < -0.39 is 41.6 Å². The number of benzene rings is 2. The highest BCUT2D eigenvalue weighted by Crippen LogP contribution is 2.37. The van der Waals surface area contributed by atoms with Gasteiger partial charge >= 0.3 is 0 Å². The van der Waals surface area contributed by atoms with E-state index in [4.69, 9.17) is 0 Å². The van der Waals surface area contributed by atoms with E-state index in [2.05, 4.69) is 4.98 Å². The predicted molar refractivity (Wildman–Crippen MR) is 97.9 cm³/mol. The van der Waals surface area contributed by atoms with Crippen molar-refractivity contribution in [2.75, 3.05) is 0 Å². The molecule has 148 valence electrons. The van der Waals surface area contributed by atoms with Crippen LogP contribution < -0.4 is 0 Å². The summed E-state index contributed by atoms with van der Waals surface area (Å²) in [5.74, 6) is -1.04. The van der Waals surface area contributed by atoms with Crippen molar-refractivity contribution in [2.24, 2.45) is 0 Å². The fraction of sp³-hybridized carbons (Fsp3) is 0. The summed E-state index contributed by atoms with van der Waals surface area (Å²) in [7, 11) is -10.1. The van der Waals surface area contributed by atoms with Crippen molar-refractivity contribution in [1.29, 1.82) is 0 Å². The van der Waals surface area contributed by atoms with Crippen LogP contribution in [0.3, 0.4) is 0 Å². The van der Waals surface area contributed by atoms with Crippen molar-refractivity contribution in [3.63, 3.8) is 0 Å². The van der Waals surface area contributed by atoms with E-state index >= 15 is 0 Å². The minimum atomic E-state index is -5.15. The van der Waals surface area contributed by atoms with Gasteiger partial charge in [0.05, 0.1) is 26.6 Å². The quantitative estimate of drug-likeness (QED) is 0.607. The van der Waals surface area contributed by atoms with Gasteiger partial charge in [0, 0.05) is 16.5 Å². The number of hydrogen-bond donors (Lipinski definition) is 1. The van der Waals surface area contributed by atoms with Crippen molar-refractivity contribution in [1.82, 2.24) is 4.98 Å². The number of ketones is 1. The van der Waals surface area contributed by atoms with Gasteiger partial charge in [-0.25, -0.2) is 21.8 Å². The molecule has 11 heteroatoms. The Bertz CT molecular complexity index is 1470. The molecule has 1 aromatic heterocycles. The van der Waals surface area contributed by atoms with Crippen LogP contribution in [0, 0.1) is 0 Å². The Morgan fingerprint density at radius 3 is 2.10 bits per heavy atom. The van der Waals surface area contributed by atoms with E-state index in [0.717, 1.165) is 24.3 Å². The normalized spacial score (nSPS) is 14.5. The van der Waals surface area contributed by atoms with Crippen LogP contribution in [0.5, 0.6) is 0 Å². The minimum absolute atomic E-state index is 0.145. The number of allylic oxidation sites excluding steroid dienone is 1. The molecule has 1 N–H and O–H groups in total. The van der Waals surface area contributed by atoms with Gasteiger partial charge in [-0.05, 0) is 24.3 Å². The van der Waals surface area contributed by atoms with E-state index in [-0.39, 0.29) is 33.3 Å². The molecule has 0 fully saturated rings. The van der Waals surface area contributed by atoms with Crippen LogP contribution in [0.1, 0.15) is 21.6 Å². The highest BCUT2D eigenvalue weighted by Gasteiger charge is 2.32. The molecule has 0 unspecified atom stereocenters. The summed E-state index contributed by atoms with van der Waals surface area (Å²) in [6.45, 7) is 0. The zero-order valence-corrected chi connectivity index (χ0v) is 15.8. The number of aromatic nitrogens is 1. The van der Waals surface area contributed by atoms with Crippen molar-refractivity contribution >= 4 is 48.3 Å². The Morgan fingerprint density at radius 2 is 1.52 bits per heavy atom. The van der Waals surface area contributed by atoms with Crippen LogP contribution in [0.4, 0.5) is 0 Å². The fourth-order valence-corrected chi connectivity index (χ4v) is 4.35. The smallest absolute Gasteiger partial charge is 0.199 e. The number of rotatable bonds is 3. The molecule has 1 aliphatic carbocycles. The fourth-order valence-electron chi connectivity index (χ4n) is 3.17. The third-order valence-corrected chi connectivity index (χ3v) is 6.15. The maximum absolute atomic E-state index is 12.7. The molecule has 0 bridgehead atoms. The third-order valence-electron chi connectivity index (χ3n) is 4.45. The lowest BCUT2D eigenvalue weighted by atomic mass is 10.1. The van der Waals surface area contributed by atoms with Crippen LogP contribution >= 0.6 is 0 Å². The number of carbonyl (C=O) groups is 1. The molecule has 29 heavy (non-hydrogen) atoms. The van der Waals surface area contributed by atoms with E-state index in [9.17, 15) is 35.8 Å². The van der Waals surface area contributed by atoms with Crippen LogP contribution in [0.15, 0.2) is 58.3 Å². The average molecular weight is 431 g/mol. The Balaban J connectivity index is 2.04. The van der Waals surface area contributed by atoms with Gasteiger partial charge < -0.3 is 14.2 Å². The zero-order chi connectivity index (χ0) is 21.1. The first-order valence-corrected chi connectivity index (χ1v) is 10.7. The number of pyridine rings is 1. The average Bonchev–Trinajstić information content (AvgIpc) is 2.90. The number of aliphatic hydroxyl groups excluding tert-OH is 1. The second-order valence-electron chi connectivity index (χ2n) is 6.19. The first-order chi connectivity index (χ1) is 13.5. The summed E-state index contributed by atoms with van der Waals surface area (Å²) in [4.78, 5) is 15.2. The SMILES string of the molecule is O=C1C(c2cc(S(=O)(=O)[O-])c3cc(S(=O)(=O)[O-])ccc3n2)=C(O)c2ccccc21. The molecule has 0 atom stereocenters. The topological polar surface area (TPSA) is 165 Å². The van der Waals surface area contributed by atoms with Crippen molar-refractivity contribution < 1.29 is 35.8 Å². The highest BCUT2D eigenvalue weighted by molar-refractivity contribution is 7.86. The molecule has 2 aromatic carbocycles. The minimum Gasteiger partial charge on any atom is -0.744 e. The maximum Gasteiger partial charge on any atom is 0.199 e. The summed E-state index contributed by atoms with van der Waals surface area (Å²) < 4.78 is 69.1. The van der Waals surface area contributed by atoms with E-state index in [0.29, 0.717) is 0 Å². The molecule has 3 aromatic rings. The molecule has 0 spiro atoms. The summed E-state index contributed by atoms with van der Waals surface area (Å²) in [5, 5.41) is 10.1. The van der Waals surface area contributed by atoms with Gasteiger partial charge in [0.15, 0.2) is 5.78 Å². The molecule has 1 heterocycles. The van der Waals surface area contributed by atoms with Crippen LogP contribution in [0.25, 0.3) is 22.2 Å². The Hall–Kier alpha value is -3.12. The largest absolute Gasteiger partial charge is 0.744 e. The van der Waals surface area contributed by atoms with Gasteiger partial charge in [0.1, 0.15) is 26.0 Å². The molecule has 0 saturated carbocycles. The molecule has 0 saturated heterocycles. The number of Topliss-reactive ketones (excluding diaryl/α,β-unsaturated/α-hetero) is 1. The Morgan fingerprint density at radius 1 is 0.862 bits per heavy atom. The third kappa shape index (κ3) is 3.09. The summed E-state index contributed by atoms with van der Waals surface area (Å²) in [6.07, 6.45) is 0. The molecule has 4 rings (SSSR count). The highest BCUT2D eigenvalue weighted by atomic mass is 32.2. The lowest BCUT2D eigenvalue weighted by Crippen LogP contribution is -2.07. The monoisotopic (exact) mass is 431 g/mol. The molecule has 0 aliphatic heterocycles. The molecular weight excluding hydrogens is 422 g/mol. The Labute approximate surface area is 164 Å². The number of nitrogens with zero attached hydrogens (tertiary/aromatic N) is 1. The van der Waals surface area contributed by atoms with Crippen LogP contribution in [-0.2, 0) is 20.2 Å². The molecule has 1 aliphatic rings. The lowest BCUT2D eigenvalue weighted by Gasteiger charge is -2.15. The summed E-state index contributed by atoms with van der Waals surface area (Å²) in [5.41, 5.74) is -0.301. The summed E-state index contributed by atoms with van der Waals surface area (Å²) >= 11 is 0. The van der Waals surface area contributed by atoms with Gasteiger partial charge in [-0.15, -0.1) is 0 Å². The number of fused-ring (bicyclic) bond motifs is 2. The molecule has 9 nitrogen and oxygen atoms in total. The van der Waals surface area contributed by atoms with Crippen molar-refractivity contribution in [3.05, 3.63) is 65.4 Å². The first kappa shape index (κ1) is 19.2. The van der Waals surface area contributed by atoms with Gasteiger partial charge in [0.2, 0.25) is 0 Å². The van der Waals surface area contributed by atoms with Gasteiger partial charge in [0.25, 0.3) is 0 Å². The second kappa shape index (κ2) is 6.19. The van der Waals surface area contributed by atoms with Gasteiger partial charge in [-0.3, -0.25) is 4.79 Å².